The van der Waals surface area contributed by atoms with E-state index < -0.39 is 0 Å². The molecule has 0 aromatic carbocycles. The van der Waals surface area contributed by atoms with Gasteiger partial charge >= 0.3 is 0 Å². The van der Waals surface area contributed by atoms with Crippen molar-refractivity contribution in [3.8, 4) is 0 Å². The SMILES string of the molecule is CC(C)C1(C(O)CN)CC1. The fourth-order valence-electron chi connectivity index (χ4n) is 1.67. The van der Waals surface area contributed by atoms with Gasteiger partial charge in [-0.1, -0.05) is 13.8 Å². The first kappa shape index (κ1) is 8.02. The quantitative estimate of drug-likeness (QED) is 0.612. The van der Waals surface area contributed by atoms with Crippen LogP contribution >= 0.6 is 0 Å². The van der Waals surface area contributed by atoms with Crippen LogP contribution in [0.15, 0.2) is 0 Å². The Labute approximate surface area is 62.4 Å². The van der Waals surface area contributed by atoms with E-state index in [-0.39, 0.29) is 11.5 Å². The van der Waals surface area contributed by atoms with E-state index >= 15 is 0 Å². The zero-order valence-electron chi connectivity index (χ0n) is 6.80. The van der Waals surface area contributed by atoms with Crippen molar-refractivity contribution < 1.29 is 5.11 Å². The van der Waals surface area contributed by atoms with Crippen LogP contribution in [0.4, 0.5) is 0 Å². The van der Waals surface area contributed by atoms with Crippen LogP contribution in [0.25, 0.3) is 0 Å². The first-order chi connectivity index (χ1) is 4.63. The lowest BCUT2D eigenvalue weighted by atomic mass is 9.87. The van der Waals surface area contributed by atoms with Crippen molar-refractivity contribution in [2.24, 2.45) is 17.1 Å². The molecule has 0 spiro atoms. The summed E-state index contributed by atoms with van der Waals surface area (Å²) in [4.78, 5) is 0. The summed E-state index contributed by atoms with van der Waals surface area (Å²) in [5.74, 6) is 0.575. The Morgan fingerprint density at radius 1 is 1.50 bits per heavy atom. The lowest BCUT2D eigenvalue weighted by Crippen LogP contribution is -2.33. The molecule has 60 valence electrons. The summed E-state index contributed by atoms with van der Waals surface area (Å²) >= 11 is 0. The van der Waals surface area contributed by atoms with Gasteiger partial charge in [-0.2, -0.15) is 0 Å². The molecule has 10 heavy (non-hydrogen) atoms. The van der Waals surface area contributed by atoms with Gasteiger partial charge in [0.05, 0.1) is 6.10 Å². The number of hydrogen-bond acceptors (Lipinski definition) is 2. The summed E-state index contributed by atoms with van der Waals surface area (Å²) in [6.07, 6.45) is 2.04. The van der Waals surface area contributed by atoms with E-state index in [2.05, 4.69) is 13.8 Å². The molecule has 1 aliphatic rings. The molecule has 1 rings (SSSR count). The zero-order chi connectivity index (χ0) is 7.78. The first-order valence-electron chi connectivity index (χ1n) is 4.01. The minimum atomic E-state index is -0.271. The third-order valence-corrected chi connectivity index (χ3v) is 2.86. The number of hydrogen-bond donors (Lipinski definition) is 2. The molecule has 0 heterocycles. The predicted molar refractivity (Wildman–Crippen MR) is 41.6 cm³/mol. The van der Waals surface area contributed by atoms with Crippen LogP contribution in [0.2, 0.25) is 0 Å². The van der Waals surface area contributed by atoms with Crippen molar-refractivity contribution in [1.29, 1.82) is 0 Å². The number of nitrogens with two attached hydrogens (primary N) is 1. The standard InChI is InChI=1S/C8H17NO/c1-6(2)8(3-4-8)7(10)5-9/h6-7,10H,3-5,9H2,1-2H3. The van der Waals surface area contributed by atoms with Gasteiger partial charge in [-0.15, -0.1) is 0 Å². The second-order valence-corrected chi connectivity index (χ2v) is 3.64. The number of aliphatic hydroxyl groups is 1. The minimum absolute atomic E-state index is 0.189. The Morgan fingerprint density at radius 2 is 2.00 bits per heavy atom. The normalized spacial score (nSPS) is 24.9. The van der Waals surface area contributed by atoms with Crippen LogP contribution in [0, 0.1) is 11.3 Å². The monoisotopic (exact) mass is 143 g/mol. The molecule has 0 saturated heterocycles. The average molecular weight is 143 g/mol. The van der Waals surface area contributed by atoms with Gasteiger partial charge in [-0.05, 0) is 24.2 Å². The van der Waals surface area contributed by atoms with Crippen molar-refractivity contribution in [2.75, 3.05) is 6.54 Å². The van der Waals surface area contributed by atoms with Crippen molar-refractivity contribution in [3.63, 3.8) is 0 Å². The molecule has 0 aromatic rings. The summed E-state index contributed by atoms with van der Waals surface area (Å²) in [5.41, 5.74) is 5.58. The summed E-state index contributed by atoms with van der Waals surface area (Å²) in [5, 5.41) is 9.49. The zero-order valence-corrected chi connectivity index (χ0v) is 6.80. The van der Waals surface area contributed by atoms with Crippen LogP contribution in [0.1, 0.15) is 26.7 Å². The van der Waals surface area contributed by atoms with Gasteiger partial charge in [0.1, 0.15) is 0 Å². The van der Waals surface area contributed by atoms with Crippen LogP contribution in [0.5, 0.6) is 0 Å². The van der Waals surface area contributed by atoms with E-state index in [1.807, 2.05) is 0 Å². The number of rotatable bonds is 3. The molecule has 1 aliphatic carbocycles. The summed E-state index contributed by atoms with van der Waals surface area (Å²) < 4.78 is 0. The fraction of sp³-hybridized carbons (Fsp3) is 1.00. The molecule has 1 unspecified atom stereocenters. The molecule has 0 aliphatic heterocycles. The summed E-state index contributed by atoms with van der Waals surface area (Å²) in [6.45, 7) is 4.73. The van der Waals surface area contributed by atoms with Crippen molar-refractivity contribution >= 4 is 0 Å². The highest BCUT2D eigenvalue weighted by Crippen LogP contribution is 2.54. The van der Waals surface area contributed by atoms with Crippen LogP contribution in [0.3, 0.4) is 0 Å². The molecule has 1 atom stereocenters. The van der Waals surface area contributed by atoms with Crippen molar-refractivity contribution in [3.05, 3.63) is 0 Å². The molecule has 0 aromatic heterocycles. The van der Waals surface area contributed by atoms with Crippen LogP contribution < -0.4 is 5.73 Å². The van der Waals surface area contributed by atoms with E-state index in [0.29, 0.717) is 12.5 Å². The molecular formula is C8H17NO. The molecule has 0 amide bonds. The van der Waals surface area contributed by atoms with Crippen molar-refractivity contribution in [2.45, 2.75) is 32.8 Å². The molecule has 2 nitrogen and oxygen atoms in total. The summed E-state index contributed by atoms with van der Waals surface area (Å²) in [6, 6.07) is 0. The Bertz CT molecular complexity index is 118. The van der Waals surface area contributed by atoms with Crippen molar-refractivity contribution in [1.82, 2.24) is 0 Å². The molecule has 1 fully saturated rings. The largest absolute Gasteiger partial charge is 0.391 e. The highest BCUT2D eigenvalue weighted by molar-refractivity contribution is 5.00. The third kappa shape index (κ3) is 1.06. The van der Waals surface area contributed by atoms with E-state index in [1.165, 1.54) is 0 Å². The lowest BCUT2D eigenvalue weighted by molar-refractivity contribution is 0.0713. The maximum atomic E-state index is 9.49. The molecular weight excluding hydrogens is 126 g/mol. The van der Waals surface area contributed by atoms with Gasteiger partial charge in [-0.3, -0.25) is 0 Å². The molecule has 1 saturated carbocycles. The van der Waals surface area contributed by atoms with Gasteiger partial charge in [0.25, 0.3) is 0 Å². The first-order valence-corrected chi connectivity index (χ1v) is 4.01. The second-order valence-electron chi connectivity index (χ2n) is 3.64. The molecule has 3 N–H and O–H groups in total. The second kappa shape index (κ2) is 2.51. The Balaban J connectivity index is 2.51. The Morgan fingerprint density at radius 3 is 2.10 bits per heavy atom. The van der Waals surface area contributed by atoms with Crippen LogP contribution in [-0.2, 0) is 0 Å². The lowest BCUT2D eigenvalue weighted by Gasteiger charge is -2.24. The predicted octanol–water partition coefficient (Wildman–Crippen LogP) is 0.742. The van der Waals surface area contributed by atoms with E-state index in [9.17, 15) is 5.11 Å². The van der Waals surface area contributed by atoms with Gasteiger partial charge in [0, 0.05) is 6.54 Å². The maximum absolute atomic E-state index is 9.49. The average Bonchev–Trinajstić information content (AvgIpc) is 2.65. The molecule has 2 heteroatoms. The van der Waals surface area contributed by atoms with Gasteiger partial charge in [0.15, 0.2) is 0 Å². The van der Waals surface area contributed by atoms with E-state index in [0.717, 1.165) is 12.8 Å². The minimum Gasteiger partial charge on any atom is -0.391 e. The van der Waals surface area contributed by atoms with Gasteiger partial charge in [-0.25, -0.2) is 0 Å². The van der Waals surface area contributed by atoms with E-state index in [1.54, 1.807) is 0 Å². The number of aliphatic hydroxyl groups excluding tert-OH is 1. The molecule has 0 bridgehead atoms. The summed E-state index contributed by atoms with van der Waals surface area (Å²) in [7, 11) is 0. The smallest absolute Gasteiger partial charge is 0.0720 e. The van der Waals surface area contributed by atoms with E-state index in [4.69, 9.17) is 5.73 Å². The highest BCUT2D eigenvalue weighted by atomic mass is 16.3. The van der Waals surface area contributed by atoms with Crippen LogP contribution in [-0.4, -0.2) is 17.8 Å². The van der Waals surface area contributed by atoms with Gasteiger partial charge in [0.2, 0.25) is 0 Å². The van der Waals surface area contributed by atoms with Gasteiger partial charge < -0.3 is 10.8 Å². The maximum Gasteiger partial charge on any atom is 0.0720 e. The third-order valence-electron chi connectivity index (χ3n) is 2.86. The highest BCUT2D eigenvalue weighted by Gasteiger charge is 2.50. The fourth-order valence-corrected chi connectivity index (χ4v) is 1.67. The Kier molecular flexibility index (Phi) is 2.02. The Hall–Kier alpha value is -0.0800. The topological polar surface area (TPSA) is 46.2 Å². The molecule has 0 radical (unpaired) electrons.